The van der Waals surface area contributed by atoms with Crippen LogP contribution in [0.3, 0.4) is 0 Å². The van der Waals surface area contributed by atoms with Gasteiger partial charge >= 0.3 is 0 Å². The second-order valence-corrected chi connectivity index (χ2v) is 6.53. The lowest BCUT2D eigenvalue weighted by molar-refractivity contribution is 0.0789. The molecular formula is C19H20N4O. The standard InChI is InChI=1S/C19H20N4O/c1-14-5-6-18-17(11-21-23(18)12-14)19(24)22-9-7-15(13-22)10-16-4-2-3-8-20-16/h2-6,8,11-12,15H,7,9-10,13H2,1H3. The van der Waals surface area contributed by atoms with E-state index in [2.05, 4.69) is 16.1 Å². The number of aryl methyl sites for hydroxylation is 1. The van der Waals surface area contributed by atoms with Crippen molar-refractivity contribution in [3.8, 4) is 0 Å². The second-order valence-electron chi connectivity index (χ2n) is 6.53. The molecule has 0 aliphatic carbocycles. The Labute approximate surface area is 140 Å². The topological polar surface area (TPSA) is 50.5 Å². The van der Waals surface area contributed by atoms with Gasteiger partial charge in [0.2, 0.25) is 0 Å². The summed E-state index contributed by atoms with van der Waals surface area (Å²) < 4.78 is 1.78. The molecule has 122 valence electrons. The van der Waals surface area contributed by atoms with E-state index in [0.29, 0.717) is 11.5 Å². The Balaban J connectivity index is 1.49. The minimum Gasteiger partial charge on any atom is -0.338 e. The molecule has 0 N–H and O–H groups in total. The maximum absolute atomic E-state index is 12.9. The van der Waals surface area contributed by atoms with Crippen LogP contribution >= 0.6 is 0 Å². The number of amides is 1. The predicted molar refractivity (Wildman–Crippen MR) is 91.9 cm³/mol. The third-order valence-corrected chi connectivity index (χ3v) is 4.69. The molecule has 0 aromatic carbocycles. The number of hydrogen-bond acceptors (Lipinski definition) is 3. The van der Waals surface area contributed by atoms with E-state index in [4.69, 9.17) is 0 Å². The number of pyridine rings is 2. The SMILES string of the molecule is Cc1ccc2c(C(=O)N3CCC(Cc4ccccn4)C3)cnn2c1. The summed E-state index contributed by atoms with van der Waals surface area (Å²) in [6, 6.07) is 9.98. The third-order valence-electron chi connectivity index (χ3n) is 4.69. The largest absolute Gasteiger partial charge is 0.338 e. The Bertz CT molecular complexity index is 871. The van der Waals surface area contributed by atoms with Crippen molar-refractivity contribution in [1.82, 2.24) is 19.5 Å². The van der Waals surface area contributed by atoms with Gasteiger partial charge < -0.3 is 4.90 Å². The maximum Gasteiger partial charge on any atom is 0.257 e. The molecule has 24 heavy (non-hydrogen) atoms. The first kappa shape index (κ1) is 14.9. The molecule has 4 rings (SSSR count). The van der Waals surface area contributed by atoms with Crippen LogP contribution in [-0.4, -0.2) is 38.5 Å². The van der Waals surface area contributed by atoms with Crippen LogP contribution in [-0.2, 0) is 6.42 Å². The van der Waals surface area contributed by atoms with Crippen LogP contribution in [0.15, 0.2) is 48.9 Å². The van der Waals surface area contributed by atoms with Crippen LogP contribution in [0.4, 0.5) is 0 Å². The average molecular weight is 320 g/mol. The van der Waals surface area contributed by atoms with Gasteiger partial charge in [0.05, 0.1) is 17.3 Å². The van der Waals surface area contributed by atoms with Crippen molar-refractivity contribution in [3.05, 3.63) is 65.7 Å². The van der Waals surface area contributed by atoms with Crippen molar-refractivity contribution >= 4 is 11.4 Å². The Morgan fingerprint density at radius 2 is 2.21 bits per heavy atom. The van der Waals surface area contributed by atoms with Crippen LogP contribution in [0.5, 0.6) is 0 Å². The Hall–Kier alpha value is -2.69. The first-order valence-electron chi connectivity index (χ1n) is 8.34. The Morgan fingerprint density at radius 1 is 1.29 bits per heavy atom. The summed E-state index contributed by atoms with van der Waals surface area (Å²) in [7, 11) is 0. The molecule has 1 aliphatic heterocycles. The summed E-state index contributed by atoms with van der Waals surface area (Å²) >= 11 is 0. The summed E-state index contributed by atoms with van der Waals surface area (Å²) in [6.45, 7) is 3.61. The van der Waals surface area contributed by atoms with E-state index in [-0.39, 0.29) is 5.91 Å². The van der Waals surface area contributed by atoms with Gasteiger partial charge in [0, 0.05) is 31.2 Å². The summed E-state index contributed by atoms with van der Waals surface area (Å²) in [6.07, 6.45) is 7.41. The minimum atomic E-state index is 0.0809. The molecule has 0 radical (unpaired) electrons. The highest BCUT2D eigenvalue weighted by atomic mass is 16.2. The summed E-state index contributed by atoms with van der Waals surface area (Å²) in [5.41, 5.74) is 3.79. The minimum absolute atomic E-state index is 0.0809. The molecule has 4 heterocycles. The molecule has 0 bridgehead atoms. The van der Waals surface area contributed by atoms with Crippen molar-refractivity contribution in [2.24, 2.45) is 5.92 Å². The van der Waals surface area contributed by atoms with Crippen molar-refractivity contribution < 1.29 is 4.79 Å². The van der Waals surface area contributed by atoms with Gasteiger partial charge in [0.15, 0.2) is 0 Å². The first-order chi connectivity index (χ1) is 11.7. The van der Waals surface area contributed by atoms with Crippen molar-refractivity contribution in [2.75, 3.05) is 13.1 Å². The molecule has 1 unspecified atom stereocenters. The van der Waals surface area contributed by atoms with E-state index in [1.807, 2.05) is 48.5 Å². The highest BCUT2D eigenvalue weighted by Gasteiger charge is 2.28. The van der Waals surface area contributed by atoms with Crippen LogP contribution in [0.25, 0.3) is 5.52 Å². The van der Waals surface area contributed by atoms with Gasteiger partial charge in [-0.25, -0.2) is 4.52 Å². The van der Waals surface area contributed by atoms with Crippen molar-refractivity contribution in [2.45, 2.75) is 19.8 Å². The normalized spacial score (nSPS) is 17.5. The number of carbonyl (C=O) groups excluding carboxylic acids is 1. The molecule has 1 fully saturated rings. The van der Waals surface area contributed by atoms with E-state index < -0.39 is 0 Å². The zero-order valence-electron chi connectivity index (χ0n) is 13.7. The maximum atomic E-state index is 12.9. The van der Waals surface area contributed by atoms with Crippen molar-refractivity contribution in [1.29, 1.82) is 0 Å². The monoisotopic (exact) mass is 320 g/mol. The van der Waals surface area contributed by atoms with Gasteiger partial charge in [0.25, 0.3) is 5.91 Å². The van der Waals surface area contributed by atoms with E-state index >= 15 is 0 Å². The molecule has 0 saturated carbocycles. The number of fused-ring (bicyclic) bond motifs is 1. The van der Waals surface area contributed by atoms with E-state index in [1.165, 1.54) is 0 Å². The molecule has 0 spiro atoms. The fourth-order valence-corrected chi connectivity index (χ4v) is 3.42. The quantitative estimate of drug-likeness (QED) is 0.745. The molecule has 1 amide bonds. The number of rotatable bonds is 3. The van der Waals surface area contributed by atoms with Crippen molar-refractivity contribution in [3.63, 3.8) is 0 Å². The van der Waals surface area contributed by atoms with E-state index in [9.17, 15) is 4.79 Å². The predicted octanol–water partition coefficient (Wildman–Crippen LogP) is 2.74. The average Bonchev–Trinajstić information content (AvgIpc) is 3.22. The van der Waals surface area contributed by atoms with Crippen LogP contribution < -0.4 is 0 Å². The number of hydrogen-bond donors (Lipinski definition) is 0. The fourth-order valence-electron chi connectivity index (χ4n) is 3.42. The van der Waals surface area contributed by atoms with E-state index in [0.717, 1.165) is 42.7 Å². The fraction of sp³-hybridized carbons (Fsp3) is 0.316. The molecule has 3 aromatic heterocycles. The molecule has 1 atom stereocenters. The second kappa shape index (κ2) is 6.07. The van der Waals surface area contributed by atoms with Crippen LogP contribution in [0.1, 0.15) is 28.0 Å². The van der Waals surface area contributed by atoms with E-state index in [1.54, 1.807) is 10.7 Å². The lowest BCUT2D eigenvalue weighted by Gasteiger charge is -2.16. The zero-order valence-corrected chi connectivity index (χ0v) is 13.7. The Kier molecular flexibility index (Phi) is 3.76. The first-order valence-corrected chi connectivity index (χ1v) is 8.34. The lowest BCUT2D eigenvalue weighted by Crippen LogP contribution is -2.28. The van der Waals surface area contributed by atoms with Crippen LogP contribution in [0.2, 0.25) is 0 Å². The molecule has 1 saturated heterocycles. The zero-order chi connectivity index (χ0) is 16.5. The smallest absolute Gasteiger partial charge is 0.257 e. The molecular weight excluding hydrogens is 300 g/mol. The summed E-state index contributed by atoms with van der Waals surface area (Å²) in [5.74, 6) is 0.560. The number of carbonyl (C=O) groups is 1. The number of aromatic nitrogens is 3. The molecule has 5 heteroatoms. The molecule has 3 aromatic rings. The number of likely N-dealkylation sites (tertiary alicyclic amines) is 1. The Morgan fingerprint density at radius 3 is 3.04 bits per heavy atom. The summed E-state index contributed by atoms with van der Waals surface area (Å²) in [5, 5.41) is 4.32. The lowest BCUT2D eigenvalue weighted by atomic mass is 10.0. The van der Waals surface area contributed by atoms with Gasteiger partial charge in [-0.05, 0) is 49.4 Å². The van der Waals surface area contributed by atoms with Crippen LogP contribution in [0, 0.1) is 12.8 Å². The third kappa shape index (κ3) is 2.77. The van der Waals surface area contributed by atoms with Gasteiger partial charge in [-0.3, -0.25) is 9.78 Å². The van der Waals surface area contributed by atoms with Gasteiger partial charge in [-0.15, -0.1) is 0 Å². The van der Waals surface area contributed by atoms with Gasteiger partial charge in [0.1, 0.15) is 0 Å². The molecule has 5 nitrogen and oxygen atoms in total. The highest BCUT2D eigenvalue weighted by Crippen LogP contribution is 2.23. The molecule has 1 aliphatic rings. The number of nitrogens with zero attached hydrogens (tertiary/aromatic N) is 4. The van der Waals surface area contributed by atoms with Gasteiger partial charge in [-0.1, -0.05) is 12.1 Å². The van der Waals surface area contributed by atoms with Gasteiger partial charge in [-0.2, -0.15) is 5.10 Å². The highest BCUT2D eigenvalue weighted by molar-refractivity contribution is 6.00. The summed E-state index contributed by atoms with van der Waals surface area (Å²) in [4.78, 5) is 19.2.